The number of carboxylic acid groups (broad SMARTS) is 1. The molecule has 0 heterocycles. The summed E-state index contributed by atoms with van der Waals surface area (Å²) >= 11 is 0. The van der Waals surface area contributed by atoms with E-state index in [9.17, 15) is 4.79 Å². The number of guanidine groups is 1. The Morgan fingerprint density at radius 1 is 1.91 bits per heavy atom. The topological polar surface area (TPSA) is 125 Å². The van der Waals surface area contributed by atoms with Crippen molar-refractivity contribution < 1.29 is 11.3 Å². The molecule has 0 radical (unpaired) electrons. The normalized spacial score (nSPS) is 13.4. The molecule has 0 aromatic carbocycles. The fourth-order valence-corrected chi connectivity index (χ4v) is 0.448. The zero-order chi connectivity index (χ0) is 9.72. The van der Waals surface area contributed by atoms with Gasteiger partial charge in [0.05, 0.1) is 0 Å². The van der Waals surface area contributed by atoms with Crippen LogP contribution < -0.4 is 16.8 Å². The van der Waals surface area contributed by atoms with E-state index < -0.39 is 18.0 Å². The number of rotatable bonds is 4. The first-order valence-corrected chi connectivity index (χ1v) is 3.04. The summed E-state index contributed by atoms with van der Waals surface area (Å²) in [5.41, 5.74) is 10.1. The molecular weight excluding hydrogens is 148 g/mol. The Labute approximate surface area is 65.5 Å². The zero-order valence-corrected chi connectivity index (χ0v) is 5.95. The minimum atomic E-state index is -1.12. The summed E-state index contributed by atoms with van der Waals surface area (Å²) in [6.45, 7) is 0.0444. The zero-order valence-electron chi connectivity index (χ0n) is 6.95. The minimum absolute atomic E-state index is 0.0444. The molecule has 0 rings (SSSR count). The summed E-state index contributed by atoms with van der Waals surface area (Å²) in [5.74, 6) is -1.54. The number of nitrogens with one attached hydrogen (secondary N) is 2. The molecule has 6 heteroatoms. The molecule has 0 amide bonds. The van der Waals surface area contributed by atoms with Gasteiger partial charge in [-0.1, -0.05) is 0 Å². The van der Waals surface area contributed by atoms with E-state index in [0.29, 0.717) is 5.31 Å². The highest BCUT2D eigenvalue weighted by molar-refractivity contribution is 5.75. The van der Waals surface area contributed by atoms with Gasteiger partial charge in [0, 0.05) is 6.54 Å². The monoisotopic (exact) mass is 161 g/mol. The quantitative estimate of drug-likeness (QED) is 0.247. The average molecular weight is 161 g/mol. The fraction of sp³-hybridized carbons (Fsp3) is 0.600. The second kappa shape index (κ2) is 4.51. The number of hydrogen-bond acceptors (Lipinski definition) is 3. The smallest absolute Gasteiger partial charge is 0.320 e. The first kappa shape index (κ1) is 7.80. The second-order valence-electron chi connectivity index (χ2n) is 2.00. The number of aliphatic carboxylic acids is 1. The van der Waals surface area contributed by atoms with E-state index in [4.69, 9.17) is 23.4 Å². The maximum atomic E-state index is 10.2. The van der Waals surface area contributed by atoms with Crippen LogP contribution in [0.5, 0.6) is 0 Å². The van der Waals surface area contributed by atoms with Gasteiger partial charge in [0.1, 0.15) is 6.04 Å². The van der Waals surface area contributed by atoms with Crippen LogP contribution in [0.4, 0.5) is 0 Å². The summed E-state index contributed by atoms with van der Waals surface area (Å²) in [5, 5.41) is 15.8. The van der Waals surface area contributed by atoms with Crippen LogP contribution in [0.1, 0.15) is 6.42 Å². The van der Waals surface area contributed by atoms with Gasteiger partial charge in [0.15, 0.2) is 7.37 Å². The van der Waals surface area contributed by atoms with Crippen molar-refractivity contribution in [3.05, 3.63) is 0 Å². The highest BCUT2D eigenvalue weighted by atomic mass is 16.4. The lowest BCUT2D eigenvalue weighted by molar-refractivity contribution is -0.138. The van der Waals surface area contributed by atoms with Gasteiger partial charge >= 0.3 is 5.97 Å². The van der Waals surface area contributed by atoms with Crippen LogP contribution in [-0.4, -0.2) is 29.6 Å². The Morgan fingerprint density at radius 3 is 2.82 bits per heavy atom. The van der Waals surface area contributed by atoms with E-state index in [-0.39, 0.29) is 13.0 Å². The lowest BCUT2D eigenvalue weighted by Crippen LogP contribution is -2.37. The van der Waals surface area contributed by atoms with E-state index in [1.54, 1.807) is 0 Å². The molecule has 0 aliphatic carbocycles. The van der Waals surface area contributed by atoms with Crippen LogP contribution in [0, 0.1) is 5.41 Å². The van der Waals surface area contributed by atoms with Gasteiger partial charge in [-0.25, -0.2) is 0 Å². The molecule has 0 fully saturated rings. The number of carbonyl (C=O) groups is 1. The summed E-state index contributed by atoms with van der Waals surface area (Å²) in [7, 11) is 0. The molecule has 1 atom stereocenters. The molecule has 0 bridgehead atoms. The molecule has 6 nitrogen and oxygen atoms in total. The van der Waals surface area contributed by atoms with Crippen molar-refractivity contribution in [1.82, 2.24) is 5.31 Å². The fourth-order valence-electron chi connectivity index (χ4n) is 0.448. The largest absolute Gasteiger partial charge is 0.480 e. The molecule has 0 spiro atoms. The first-order valence-electron chi connectivity index (χ1n) is 3.48. The van der Waals surface area contributed by atoms with Gasteiger partial charge in [0.2, 0.25) is 0 Å². The maximum Gasteiger partial charge on any atom is 0.320 e. The standard InChI is InChI=1S/C5H12N4O2/c6-3(4(10)11)1-2-9-5(7)8/h3H,1-2,6H2,(H,10,11)(H4,7,8,9)/i/hD. The lowest BCUT2D eigenvalue weighted by Gasteiger charge is -2.06. The predicted octanol–water partition coefficient (Wildman–Crippen LogP) is -1.73. The van der Waals surface area contributed by atoms with Crippen molar-refractivity contribution in [3.63, 3.8) is 0 Å². The van der Waals surface area contributed by atoms with E-state index in [0.717, 1.165) is 0 Å². The molecule has 0 aromatic heterocycles. The van der Waals surface area contributed by atoms with Crippen molar-refractivity contribution in [2.75, 3.05) is 6.54 Å². The molecule has 0 aromatic rings. The molecule has 64 valence electrons. The van der Waals surface area contributed by atoms with Crippen LogP contribution in [-0.2, 0) is 4.79 Å². The van der Waals surface area contributed by atoms with Crippen molar-refractivity contribution >= 4 is 11.9 Å². The van der Waals surface area contributed by atoms with Crippen LogP contribution in [0.15, 0.2) is 0 Å². The number of nitrogens with two attached hydrogens (primary N) is 2. The minimum Gasteiger partial charge on any atom is -0.480 e. The molecule has 7 N–H and O–H groups in total. The Hall–Kier alpha value is -1.30. The third-order valence-corrected chi connectivity index (χ3v) is 1.04. The van der Waals surface area contributed by atoms with Crippen molar-refractivity contribution in [2.45, 2.75) is 12.5 Å². The summed E-state index contributed by atoms with van der Waals surface area (Å²) in [4.78, 5) is 10.2. The molecule has 1 unspecified atom stereocenters. The van der Waals surface area contributed by atoms with Crippen molar-refractivity contribution in [3.8, 4) is 0 Å². The Bertz CT molecular complexity index is 166. The number of carboxylic acids is 1. The van der Waals surface area contributed by atoms with Gasteiger partial charge in [-0.2, -0.15) is 0 Å². The summed E-state index contributed by atoms with van der Waals surface area (Å²) in [6.07, 6.45) is 0.0956. The molecule has 0 aliphatic heterocycles. The maximum absolute atomic E-state index is 10.2. The predicted molar refractivity (Wildman–Crippen MR) is 40.1 cm³/mol. The Balaban J connectivity index is 3.68. The van der Waals surface area contributed by atoms with E-state index in [1.807, 2.05) is 0 Å². The number of hydrogen-bond donors (Lipinski definition) is 5. The van der Waals surface area contributed by atoms with E-state index >= 15 is 0 Å². The molecular formula is C5H12N4O2. The third kappa shape index (κ3) is 5.16. The summed E-state index contributed by atoms with van der Waals surface area (Å²) < 4.78 is 7.00. The molecule has 0 saturated heterocycles. The van der Waals surface area contributed by atoms with Gasteiger partial charge in [-0.3, -0.25) is 10.2 Å². The second-order valence-corrected chi connectivity index (χ2v) is 2.00. The summed E-state index contributed by atoms with van der Waals surface area (Å²) in [6, 6.07) is -1.00. The van der Waals surface area contributed by atoms with E-state index in [1.165, 1.54) is 0 Å². The van der Waals surface area contributed by atoms with Crippen molar-refractivity contribution in [2.24, 2.45) is 11.5 Å². The van der Waals surface area contributed by atoms with Gasteiger partial charge < -0.3 is 21.9 Å². The average Bonchev–Trinajstić information content (AvgIpc) is 1.98. The SMILES string of the molecule is [2H]N(CCC(N)C(=O)O)C(=N)N. The first-order chi connectivity index (χ1) is 5.45. The lowest BCUT2D eigenvalue weighted by atomic mass is 10.2. The van der Waals surface area contributed by atoms with Gasteiger partial charge in [0.25, 0.3) is 0 Å². The van der Waals surface area contributed by atoms with Crippen LogP contribution in [0.25, 0.3) is 0 Å². The van der Waals surface area contributed by atoms with Crippen molar-refractivity contribution in [1.29, 1.82) is 5.41 Å². The molecule has 0 saturated carbocycles. The van der Waals surface area contributed by atoms with Crippen LogP contribution >= 0.6 is 0 Å². The highest BCUT2D eigenvalue weighted by Gasteiger charge is 2.09. The third-order valence-electron chi connectivity index (χ3n) is 1.04. The van der Waals surface area contributed by atoms with Gasteiger partial charge in [-0.15, -0.1) is 0 Å². The van der Waals surface area contributed by atoms with Gasteiger partial charge in [-0.05, 0) is 6.42 Å². The molecule has 11 heavy (non-hydrogen) atoms. The van der Waals surface area contributed by atoms with Crippen LogP contribution in [0.2, 0.25) is 1.41 Å². The van der Waals surface area contributed by atoms with E-state index in [2.05, 4.69) is 0 Å². The Kier molecular flexibility index (Phi) is 3.20. The molecule has 0 aliphatic rings. The Morgan fingerprint density at radius 2 is 2.45 bits per heavy atom. The highest BCUT2D eigenvalue weighted by Crippen LogP contribution is 1.84. The van der Waals surface area contributed by atoms with Crippen LogP contribution in [0.3, 0.4) is 0 Å².